The SMILES string of the molecule is CCC(C)N1C(=O)c2cccc(C)c2NS1(=O)=O. The van der Waals surface area contributed by atoms with Crippen molar-refractivity contribution in [2.75, 3.05) is 4.72 Å². The molecular weight excluding hydrogens is 252 g/mol. The highest BCUT2D eigenvalue weighted by atomic mass is 32.2. The van der Waals surface area contributed by atoms with E-state index in [1.807, 2.05) is 6.92 Å². The quantitative estimate of drug-likeness (QED) is 0.891. The van der Waals surface area contributed by atoms with E-state index in [1.165, 1.54) is 0 Å². The summed E-state index contributed by atoms with van der Waals surface area (Å²) in [5.41, 5.74) is 1.54. The largest absolute Gasteiger partial charge is 0.326 e. The maximum Gasteiger partial charge on any atom is 0.326 e. The number of amides is 1. The third-order valence-corrected chi connectivity index (χ3v) is 4.69. The van der Waals surface area contributed by atoms with Gasteiger partial charge in [0.25, 0.3) is 5.91 Å². The molecule has 0 radical (unpaired) electrons. The summed E-state index contributed by atoms with van der Waals surface area (Å²) in [5, 5.41) is 0. The van der Waals surface area contributed by atoms with Crippen LogP contribution in [0.5, 0.6) is 0 Å². The van der Waals surface area contributed by atoms with Gasteiger partial charge in [0, 0.05) is 6.04 Å². The van der Waals surface area contributed by atoms with Crippen LogP contribution >= 0.6 is 0 Å². The van der Waals surface area contributed by atoms with Gasteiger partial charge in [-0.15, -0.1) is 0 Å². The van der Waals surface area contributed by atoms with Gasteiger partial charge in [-0.25, -0.2) is 4.31 Å². The number of carbonyl (C=O) groups is 1. The Hall–Kier alpha value is -1.56. The molecule has 0 aliphatic carbocycles. The van der Waals surface area contributed by atoms with Crippen molar-refractivity contribution in [1.82, 2.24) is 4.31 Å². The second-order valence-electron chi connectivity index (χ2n) is 4.46. The zero-order chi connectivity index (χ0) is 13.5. The summed E-state index contributed by atoms with van der Waals surface area (Å²) in [6.07, 6.45) is 0.577. The van der Waals surface area contributed by atoms with Gasteiger partial charge in [0.05, 0.1) is 11.3 Å². The molecule has 0 fully saturated rings. The smallest absolute Gasteiger partial charge is 0.268 e. The van der Waals surface area contributed by atoms with Crippen molar-refractivity contribution in [1.29, 1.82) is 0 Å². The monoisotopic (exact) mass is 268 g/mol. The molecule has 0 saturated heterocycles. The minimum Gasteiger partial charge on any atom is -0.268 e. The van der Waals surface area contributed by atoms with Gasteiger partial charge < -0.3 is 0 Å². The Kier molecular flexibility index (Phi) is 3.06. The van der Waals surface area contributed by atoms with E-state index in [1.54, 1.807) is 32.0 Å². The summed E-state index contributed by atoms with van der Waals surface area (Å²) in [7, 11) is -3.79. The Labute approximate surface area is 107 Å². The first kappa shape index (κ1) is 12.9. The molecule has 0 spiro atoms. The number of benzene rings is 1. The van der Waals surface area contributed by atoms with Crippen LogP contribution in [0.1, 0.15) is 36.2 Å². The van der Waals surface area contributed by atoms with Crippen LogP contribution in [-0.2, 0) is 10.2 Å². The van der Waals surface area contributed by atoms with E-state index < -0.39 is 16.1 Å². The van der Waals surface area contributed by atoms with Gasteiger partial charge in [0.15, 0.2) is 0 Å². The molecule has 2 rings (SSSR count). The molecule has 1 aliphatic rings. The molecular formula is C12H16N2O3S. The van der Waals surface area contributed by atoms with E-state index in [0.29, 0.717) is 17.7 Å². The van der Waals surface area contributed by atoms with Crippen molar-refractivity contribution in [3.63, 3.8) is 0 Å². The maximum atomic E-state index is 12.3. The molecule has 6 heteroatoms. The average Bonchev–Trinajstić information content (AvgIpc) is 2.29. The zero-order valence-electron chi connectivity index (χ0n) is 10.6. The Morgan fingerprint density at radius 3 is 2.67 bits per heavy atom. The van der Waals surface area contributed by atoms with Gasteiger partial charge in [0.2, 0.25) is 0 Å². The van der Waals surface area contributed by atoms with Crippen LogP contribution in [0.2, 0.25) is 0 Å². The van der Waals surface area contributed by atoms with Gasteiger partial charge in [-0.1, -0.05) is 19.1 Å². The molecule has 1 atom stereocenters. The Balaban J connectivity index is 2.61. The van der Waals surface area contributed by atoms with Crippen LogP contribution in [0.25, 0.3) is 0 Å². The number of aryl methyl sites for hydroxylation is 1. The molecule has 0 saturated carbocycles. The van der Waals surface area contributed by atoms with E-state index in [0.717, 1.165) is 9.87 Å². The third-order valence-electron chi connectivity index (χ3n) is 3.18. The predicted molar refractivity (Wildman–Crippen MR) is 69.6 cm³/mol. The summed E-state index contributed by atoms with van der Waals surface area (Å²) >= 11 is 0. The van der Waals surface area contributed by atoms with Gasteiger partial charge in [0.1, 0.15) is 0 Å². The van der Waals surface area contributed by atoms with E-state index in [9.17, 15) is 13.2 Å². The fourth-order valence-electron chi connectivity index (χ4n) is 1.99. The maximum absolute atomic E-state index is 12.3. The van der Waals surface area contributed by atoms with Crippen LogP contribution in [-0.4, -0.2) is 24.7 Å². The summed E-state index contributed by atoms with van der Waals surface area (Å²) in [6, 6.07) is 4.80. The second kappa shape index (κ2) is 4.28. The number of carbonyl (C=O) groups excluding carboxylic acids is 1. The van der Waals surface area contributed by atoms with Crippen molar-refractivity contribution < 1.29 is 13.2 Å². The summed E-state index contributed by atoms with van der Waals surface area (Å²) in [5.74, 6) is -0.457. The summed E-state index contributed by atoms with van der Waals surface area (Å²) < 4.78 is 27.6. The van der Waals surface area contributed by atoms with Gasteiger partial charge >= 0.3 is 10.2 Å². The molecule has 1 unspecified atom stereocenters. The minimum atomic E-state index is -3.79. The molecule has 5 nitrogen and oxygen atoms in total. The first-order valence-electron chi connectivity index (χ1n) is 5.84. The number of hydrogen-bond acceptors (Lipinski definition) is 3. The number of nitrogens with zero attached hydrogens (tertiary/aromatic N) is 1. The van der Waals surface area contributed by atoms with Crippen LogP contribution in [0.3, 0.4) is 0 Å². The highest BCUT2D eigenvalue weighted by molar-refractivity contribution is 7.91. The Morgan fingerprint density at radius 2 is 2.06 bits per heavy atom. The molecule has 0 bridgehead atoms. The standard InChI is InChI=1S/C12H16N2O3S/c1-4-9(3)14-12(15)10-7-5-6-8(2)11(10)13-18(14,16)17/h5-7,9,13H,4H2,1-3H3. The number of hydrogen-bond donors (Lipinski definition) is 1. The number of fused-ring (bicyclic) bond motifs is 1. The topological polar surface area (TPSA) is 66.5 Å². The fourth-order valence-corrected chi connectivity index (χ4v) is 3.56. The first-order valence-corrected chi connectivity index (χ1v) is 7.28. The van der Waals surface area contributed by atoms with Crippen molar-refractivity contribution in [3.05, 3.63) is 29.3 Å². The van der Waals surface area contributed by atoms with E-state index in [4.69, 9.17) is 0 Å². The number of anilines is 1. The van der Waals surface area contributed by atoms with Crippen LogP contribution < -0.4 is 4.72 Å². The molecule has 18 heavy (non-hydrogen) atoms. The van der Waals surface area contributed by atoms with Crippen LogP contribution in [0.15, 0.2) is 18.2 Å². The number of nitrogens with one attached hydrogen (secondary N) is 1. The fraction of sp³-hybridized carbons (Fsp3) is 0.417. The van der Waals surface area contributed by atoms with E-state index in [-0.39, 0.29) is 6.04 Å². The molecule has 1 N–H and O–H groups in total. The Morgan fingerprint density at radius 1 is 1.39 bits per heavy atom. The predicted octanol–water partition coefficient (Wildman–Crippen LogP) is 1.91. The van der Waals surface area contributed by atoms with Crippen LogP contribution in [0.4, 0.5) is 5.69 Å². The number of rotatable bonds is 2. The van der Waals surface area contributed by atoms with Crippen molar-refractivity contribution in [2.24, 2.45) is 0 Å². The highest BCUT2D eigenvalue weighted by Gasteiger charge is 2.38. The van der Waals surface area contributed by atoms with Gasteiger partial charge in [-0.05, 0) is 31.9 Å². The molecule has 1 aromatic rings. The lowest BCUT2D eigenvalue weighted by molar-refractivity contribution is 0.0824. The lowest BCUT2D eigenvalue weighted by Crippen LogP contribution is -2.49. The lowest BCUT2D eigenvalue weighted by Gasteiger charge is -2.33. The minimum absolute atomic E-state index is 0.358. The highest BCUT2D eigenvalue weighted by Crippen LogP contribution is 2.30. The summed E-state index contributed by atoms with van der Waals surface area (Å²) in [6.45, 7) is 5.34. The normalized spacial score (nSPS) is 19.1. The molecule has 1 aromatic carbocycles. The van der Waals surface area contributed by atoms with E-state index in [2.05, 4.69) is 4.72 Å². The third kappa shape index (κ3) is 1.86. The number of para-hydroxylation sites is 1. The van der Waals surface area contributed by atoms with Crippen molar-refractivity contribution >= 4 is 21.8 Å². The van der Waals surface area contributed by atoms with Gasteiger partial charge in [-0.3, -0.25) is 9.52 Å². The molecule has 0 aromatic heterocycles. The van der Waals surface area contributed by atoms with Crippen LogP contribution in [0, 0.1) is 6.92 Å². The van der Waals surface area contributed by atoms with E-state index >= 15 is 0 Å². The molecule has 98 valence electrons. The zero-order valence-corrected chi connectivity index (χ0v) is 11.4. The average molecular weight is 268 g/mol. The van der Waals surface area contributed by atoms with Gasteiger partial charge in [-0.2, -0.15) is 8.42 Å². The van der Waals surface area contributed by atoms with Crippen molar-refractivity contribution in [3.8, 4) is 0 Å². The van der Waals surface area contributed by atoms with Crippen molar-refractivity contribution in [2.45, 2.75) is 33.2 Å². The second-order valence-corrected chi connectivity index (χ2v) is 6.01. The summed E-state index contributed by atoms with van der Waals surface area (Å²) in [4.78, 5) is 12.3. The molecule has 1 aliphatic heterocycles. The Bertz CT molecular complexity index is 595. The lowest BCUT2D eigenvalue weighted by atomic mass is 10.1. The molecule has 1 amide bonds. The molecule has 1 heterocycles. The first-order chi connectivity index (χ1) is 8.38.